The van der Waals surface area contributed by atoms with Crippen LogP contribution in [0, 0.1) is 5.92 Å². The summed E-state index contributed by atoms with van der Waals surface area (Å²) in [5.41, 5.74) is 1.76. The first-order chi connectivity index (χ1) is 12.7. The lowest BCUT2D eigenvalue weighted by molar-refractivity contribution is 0.172. The monoisotopic (exact) mass is 354 g/mol. The molecule has 2 atom stereocenters. The summed E-state index contributed by atoms with van der Waals surface area (Å²) in [6, 6.07) is 9.12. The molecule has 7 nitrogen and oxygen atoms in total. The quantitative estimate of drug-likeness (QED) is 0.566. The molecule has 0 saturated carbocycles. The van der Waals surface area contributed by atoms with Crippen molar-refractivity contribution < 1.29 is 14.6 Å². The number of aromatic nitrogens is 2. The Hall–Kier alpha value is -2.64. The molecule has 1 fully saturated rings. The van der Waals surface area contributed by atoms with Gasteiger partial charge in [0.15, 0.2) is 0 Å². The van der Waals surface area contributed by atoms with Gasteiger partial charge < -0.3 is 20.1 Å². The summed E-state index contributed by atoms with van der Waals surface area (Å²) in [5, 5.41) is 17.2. The highest BCUT2D eigenvalue weighted by Gasteiger charge is 2.21. The largest absolute Gasteiger partial charge is 0.394 e. The second kappa shape index (κ2) is 7.31. The number of aliphatic hydroxyl groups is 1. The van der Waals surface area contributed by atoms with Crippen molar-refractivity contribution in [1.29, 1.82) is 0 Å². The molecule has 1 aliphatic heterocycles. The summed E-state index contributed by atoms with van der Waals surface area (Å²) in [7, 11) is 0. The third-order valence-electron chi connectivity index (χ3n) is 4.83. The number of hydrogen-bond acceptors (Lipinski definition) is 4. The Morgan fingerprint density at radius 2 is 2.15 bits per heavy atom. The highest BCUT2D eigenvalue weighted by atomic mass is 16.5. The molecule has 136 valence electrons. The highest BCUT2D eigenvalue weighted by Crippen LogP contribution is 2.24. The average Bonchev–Trinajstić information content (AvgIpc) is 3.32. The van der Waals surface area contributed by atoms with Gasteiger partial charge in [0.25, 0.3) is 0 Å². The highest BCUT2D eigenvalue weighted by molar-refractivity contribution is 6.04. The molecule has 4 rings (SSSR count). The summed E-state index contributed by atoms with van der Waals surface area (Å²) in [5.74, 6) is 0.961. The van der Waals surface area contributed by atoms with Gasteiger partial charge in [-0.1, -0.05) is 12.1 Å². The number of benzene rings is 1. The van der Waals surface area contributed by atoms with Crippen molar-refractivity contribution in [1.82, 2.24) is 15.3 Å². The van der Waals surface area contributed by atoms with Crippen molar-refractivity contribution in [3.05, 3.63) is 36.5 Å². The molecule has 2 unspecified atom stereocenters. The predicted molar refractivity (Wildman–Crippen MR) is 100 cm³/mol. The summed E-state index contributed by atoms with van der Waals surface area (Å²) in [6.45, 7) is 1.36. The van der Waals surface area contributed by atoms with Crippen LogP contribution in [0.25, 0.3) is 21.8 Å². The predicted octanol–water partition coefficient (Wildman–Crippen LogP) is 2.63. The van der Waals surface area contributed by atoms with Crippen LogP contribution in [0.5, 0.6) is 0 Å². The molecule has 1 aliphatic rings. The number of aliphatic hydroxyl groups excluding tert-OH is 1. The number of H-pyrrole nitrogens is 1. The van der Waals surface area contributed by atoms with Gasteiger partial charge in [-0.05, 0) is 37.0 Å². The van der Waals surface area contributed by atoms with Crippen molar-refractivity contribution in [2.45, 2.75) is 18.9 Å². The first-order valence-electron chi connectivity index (χ1n) is 8.85. The molecule has 0 spiro atoms. The van der Waals surface area contributed by atoms with Crippen molar-refractivity contribution in [3.8, 4) is 0 Å². The number of nitrogens with one attached hydrogen (secondary N) is 3. The summed E-state index contributed by atoms with van der Waals surface area (Å²) in [6.07, 6.45) is 3.45. The molecule has 3 aromatic rings. The molecular weight excluding hydrogens is 332 g/mol. The molecule has 0 bridgehead atoms. The van der Waals surface area contributed by atoms with Gasteiger partial charge in [0.1, 0.15) is 5.82 Å². The van der Waals surface area contributed by atoms with Crippen LogP contribution in [0.15, 0.2) is 36.5 Å². The van der Waals surface area contributed by atoms with E-state index >= 15 is 0 Å². The number of amides is 2. The van der Waals surface area contributed by atoms with Crippen LogP contribution >= 0.6 is 0 Å². The SMILES string of the molecule is O=C(Nc1ccc2ccc3ccnc3c2[nH]1)NC(CO)CC1CCOC1. The van der Waals surface area contributed by atoms with E-state index in [0.29, 0.717) is 24.8 Å². The second-order valence-electron chi connectivity index (χ2n) is 6.73. The fraction of sp³-hybridized carbons (Fsp3) is 0.368. The molecular formula is C19H22N4O3. The van der Waals surface area contributed by atoms with Crippen molar-refractivity contribution >= 4 is 33.7 Å². The molecule has 26 heavy (non-hydrogen) atoms. The number of aromatic amines is 1. The van der Waals surface area contributed by atoms with E-state index in [9.17, 15) is 9.90 Å². The molecule has 3 heterocycles. The summed E-state index contributed by atoms with van der Waals surface area (Å²) < 4.78 is 5.35. The van der Waals surface area contributed by atoms with E-state index in [1.807, 2.05) is 30.3 Å². The zero-order valence-corrected chi connectivity index (χ0v) is 14.4. The van der Waals surface area contributed by atoms with E-state index in [4.69, 9.17) is 4.74 Å². The summed E-state index contributed by atoms with van der Waals surface area (Å²) >= 11 is 0. The number of anilines is 1. The topological polar surface area (TPSA) is 99.3 Å². The van der Waals surface area contributed by atoms with Crippen LogP contribution in [0.4, 0.5) is 10.6 Å². The standard InChI is InChI=1S/C19H22N4O3/c24-10-15(9-12-6-8-26-11-12)21-19(25)23-16-4-3-13-1-2-14-5-7-20-17(14)18(13)22-16/h1-5,7,12,15,22,24H,6,8-11H2,(H2,21,23,25). The molecule has 0 aliphatic carbocycles. The fourth-order valence-corrected chi connectivity index (χ4v) is 3.48. The number of rotatable bonds is 5. The van der Waals surface area contributed by atoms with Crippen LogP contribution < -0.4 is 10.6 Å². The van der Waals surface area contributed by atoms with E-state index in [2.05, 4.69) is 20.6 Å². The van der Waals surface area contributed by atoms with Gasteiger partial charge in [-0.15, -0.1) is 0 Å². The minimum absolute atomic E-state index is 0.0938. The third kappa shape index (κ3) is 3.49. The van der Waals surface area contributed by atoms with Gasteiger partial charge in [-0.25, -0.2) is 4.79 Å². The number of fused-ring (bicyclic) bond motifs is 3. The number of pyridine rings is 1. The maximum Gasteiger partial charge on any atom is 0.320 e. The Morgan fingerprint density at radius 1 is 1.31 bits per heavy atom. The smallest absolute Gasteiger partial charge is 0.320 e. The molecule has 7 heteroatoms. The fourth-order valence-electron chi connectivity index (χ4n) is 3.48. The lowest BCUT2D eigenvalue weighted by Crippen LogP contribution is -2.41. The summed E-state index contributed by atoms with van der Waals surface area (Å²) in [4.78, 5) is 19.9. The van der Waals surface area contributed by atoms with Gasteiger partial charge in [0, 0.05) is 30.2 Å². The maximum absolute atomic E-state index is 12.3. The number of hydrogen-bond donors (Lipinski definition) is 4. The Labute approximate surface area is 150 Å². The lowest BCUT2D eigenvalue weighted by Gasteiger charge is -2.19. The zero-order chi connectivity index (χ0) is 17.9. The van der Waals surface area contributed by atoms with Gasteiger partial charge in [-0.3, -0.25) is 10.3 Å². The van der Waals surface area contributed by atoms with Crippen LogP contribution in [0.3, 0.4) is 0 Å². The lowest BCUT2D eigenvalue weighted by atomic mass is 10.00. The van der Waals surface area contributed by atoms with Gasteiger partial charge in [-0.2, -0.15) is 0 Å². The van der Waals surface area contributed by atoms with E-state index < -0.39 is 0 Å². The number of urea groups is 1. The number of carbonyl (C=O) groups excluding carboxylic acids is 1. The van der Waals surface area contributed by atoms with Gasteiger partial charge in [0.05, 0.1) is 23.7 Å². The van der Waals surface area contributed by atoms with E-state index in [1.165, 1.54) is 0 Å². The minimum Gasteiger partial charge on any atom is -0.394 e. The third-order valence-corrected chi connectivity index (χ3v) is 4.83. The number of nitrogens with zero attached hydrogens (tertiary/aromatic N) is 1. The van der Waals surface area contributed by atoms with E-state index in [1.54, 1.807) is 6.20 Å². The normalized spacial score (nSPS) is 18.3. The molecule has 4 N–H and O–H groups in total. The maximum atomic E-state index is 12.3. The first-order valence-corrected chi connectivity index (χ1v) is 8.85. The number of carbonyl (C=O) groups is 1. The Bertz CT molecular complexity index is 917. The van der Waals surface area contributed by atoms with Crippen molar-refractivity contribution in [3.63, 3.8) is 0 Å². The zero-order valence-electron chi connectivity index (χ0n) is 14.4. The molecule has 1 aromatic carbocycles. The van der Waals surface area contributed by atoms with Crippen molar-refractivity contribution in [2.75, 3.05) is 25.1 Å². The minimum atomic E-state index is -0.346. The van der Waals surface area contributed by atoms with Crippen LogP contribution in [0.1, 0.15) is 12.8 Å². The number of ether oxygens (including phenoxy) is 1. The average molecular weight is 354 g/mol. The molecule has 1 saturated heterocycles. The molecule has 2 amide bonds. The molecule has 2 aromatic heterocycles. The van der Waals surface area contributed by atoms with Crippen LogP contribution in [-0.2, 0) is 4.74 Å². The van der Waals surface area contributed by atoms with Gasteiger partial charge >= 0.3 is 6.03 Å². The van der Waals surface area contributed by atoms with Crippen LogP contribution in [-0.4, -0.2) is 47.0 Å². The van der Waals surface area contributed by atoms with Crippen LogP contribution in [0.2, 0.25) is 0 Å². The first kappa shape index (κ1) is 16.8. The molecule has 0 radical (unpaired) electrons. The Balaban J connectivity index is 1.46. The Morgan fingerprint density at radius 3 is 2.96 bits per heavy atom. The van der Waals surface area contributed by atoms with E-state index in [0.717, 1.165) is 34.8 Å². The van der Waals surface area contributed by atoms with Gasteiger partial charge in [0.2, 0.25) is 0 Å². The second-order valence-corrected chi connectivity index (χ2v) is 6.73. The van der Waals surface area contributed by atoms with E-state index in [-0.39, 0.29) is 18.7 Å². The Kier molecular flexibility index (Phi) is 4.73. The van der Waals surface area contributed by atoms with Crippen molar-refractivity contribution in [2.24, 2.45) is 5.92 Å².